The van der Waals surface area contributed by atoms with Crippen LogP contribution in [-0.2, 0) is 0 Å². The van der Waals surface area contributed by atoms with Crippen molar-refractivity contribution in [1.29, 1.82) is 0 Å². The molecule has 2 N–H and O–H groups in total. The van der Waals surface area contributed by atoms with Crippen LogP contribution in [0.1, 0.15) is 44.9 Å². The zero-order chi connectivity index (χ0) is 13.0. The number of likely N-dealkylation sites (tertiary alicyclic amines) is 1. The molecule has 4 heteroatoms. The first-order chi connectivity index (χ1) is 9.12. The van der Waals surface area contributed by atoms with Crippen molar-refractivity contribution in [3.63, 3.8) is 0 Å². The summed E-state index contributed by atoms with van der Waals surface area (Å²) < 4.78 is 0. The van der Waals surface area contributed by atoms with Crippen LogP contribution in [0.2, 0.25) is 0 Å². The molecule has 0 aromatic heterocycles. The van der Waals surface area contributed by atoms with Gasteiger partial charge in [-0.05, 0) is 62.7 Å². The van der Waals surface area contributed by atoms with E-state index in [0.717, 1.165) is 24.2 Å². The van der Waals surface area contributed by atoms with Crippen molar-refractivity contribution < 1.29 is 9.90 Å². The Balaban J connectivity index is 1.46. The summed E-state index contributed by atoms with van der Waals surface area (Å²) in [6.07, 6.45) is 8.20. The summed E-state index contributed by atoms with van der Waals surface area (Å²) in [6.45, 7) is 1.22. The van der Waals surface area contributed by atoms with Crippen LogP contribution in [0.25, 0.3) is 0 Å². The van der Waals surface area contributed by atoms with E-state index in [1.807, 2.05) is 0 Å². The van der Waals surface area contributed by atoms with E-state index in [0.29, 0.717) is 13.1 Å². The van der Waals surface area contributed by atoms with E-state index >= 15 is 0 Å². The molecule has 1 atom stereocenters. The molecular formula is C15H24N2O2. The van der Waals surface area contributed by atoms with Crippen molar-refractivity contribution in [2.75, 3.05) is 13.1 Å². The Kier molecular flexibility index (Phi) is 2.60. The largest absolute Gasteiger partial charge is 0.391 e. The lowest BCUT2D eigenvalue weighted by molar-refractivity contribution is -0.0154. The summed E-state index contributed by atoms with van der Waals surface area (Å²) >= 11 is 0. The standard InChI is InChI=1S/C15H24N2O2/c18-13-1-2-17(9-13)14(19)16-15-6-10-3-11(7-15)5-12(4-10)8-15/h10-13,18H,1-9H2,(H,16,19)/t10?,11?,12?,13-,15?/m1/s1. The molecule has 2 amide bonds. The van der Waals surface area contributed by atoms with E-state index < -0.39 is 0 Å². The summed E-state index contributed by atoms with van der Waals surface area (Å²) in [5.41, 5.74) is 0.0966. The Bertz CT molecular complexity index is 360. The van der Waals surface area contributed by atoms with Gasteiger partial charge < -0.3 is 15.3 Å². The van der Waals surface area contributed by atoms with Crippen molar-refractivity contribution in [3.8, 4) is 0 Å². The smallest absolute Gasteiger partial charge is 0.317 e. The maximum atomic E-state index is 12.4. The van der Waals surface area contributed by atoms with Crippen LogP contribution in [0, 0.1) is 17.8 Å². The molecule has 4 saturated carbocycles. The SMILES string of the molecule is O=C(NC12CC3CC(CC(C3)C1)C2)N1CC[C@@H](O)C1. The summed E-state index contributed by atoms with van der Waals surface area (Å²) in [5.74, 6) is 2.57. The first-order valence-corrected chi connectivity index (χ1v) is 7.87. The van der Waals surface area contributed by atoms with Crippen LogP contribution in [0.3, 0.4) is 0 Å². The predicted octanol–water partition coefficient (Wildman–Crippen LogP) is 1.73. The topological polar surface area (TPSA) is 52.6 Å². The van der Waals surface area contributed by atoms with Gasteiger partial charge in [-0.15, -0.1) is 0 Å². The van der Waals surface area contributed by atoms with E-state index in [1.54, 1.807) is 4.90 Å². The molecular weight excluding hydrogens is 240 g/mol. The van der Waals surface area contributed by atoms with E-state index in [9.17, 15) is 9.90 Å². The molecule has 106 valence electrons. The summed E-state index contributed by atoms with van der Waals surface area (Å²) in [6, 6.07) is 0.0681. The molecule has 4 aliphatic carbocycles. The van der Waals surface area contributed by atoms with Crippen LogP contribution < -0.4 is 5.32 Å². The van der Waals surface area contributed by atoms with Crippen molar-refractivity contribution >= 4 is 6.03 Å². The van der Waals surface area contributed by atoms with Crippen molar-refractivity contribution in [3.05, 3.63) is 0 Å². The van der Waals surface area contributed by atoms with Crippen molar-refractivity contribution in [1.82, 2.24) is 10.2 Å². The van der Waals surface area contributed by atoms with Gasteiger partial charge in [0.05, 0.1) is 6.10 Å². The molecule has 5 aliphatic rings. The minimum atomic E-state index is -0.317. The van der Waals surface area contributed by atoms with Crippen LogP contribution in [0.15, 0.2) is 0 Å². The fraction of sp³-hybridized carbons (Fsp3) is 0.933. The normalized spacial score (nSPS) is 47.7. The summed E-state index contributed by atoms with van der Waals surface area (Å²) in [4.78, 5) is 14.2. The van der Waals surface area contributed by atoms with Crippen molar-refractivity contribution in [2.24, 2.45) is 17.8 Å². The Morgan fingerprint density at radius 2 is 1.68 bits per heavy atom. The third-order valence-electron chi connectivity index (χ3n) is 5.86. The van der Waals surface area contributed by atoms with Gasteiger partial charge in [0.25, 0.3) is 0 Å². The van der Waals surface area contributed by atoms with E-state index in [2.05, 4.69) is 5.32 Å². The highest BCUT2D eigenvalue weighted by molar-refractivity contribution is 5.75. The Morgan fingerprint density at radius 3 is 2.16 bits per heavy atom. The third kappa shape index (κ3) is 2.04. The van der Waals surface area contributed by atoms with Crippen LogP contribution >= 0.6 is 0 Å². The lowest BCUT2D eigenvalue weighted by Gasteiger charge is -2.57. The quantitative estimate of drug-likeness (QED) is 0.758. The number of urea groups is 1. The lowest BCUT2D eigenvalue weighted by Crippen LogP contribution is -2.61. The molecule has 0 spiro atoms. The summed E-state index contributed by atoms with van der Waals surface area (Å²) in [5, 5.41) is 12.9. The maximum Gasteiger partial charge on any atom is 0.317 e. The molecule has 1 heterocycles. The predicted molar refractivity (Wildman–Crippen MR) is 71.6 cm³/mol. The Labute approximate surface area is 114 Å². The molecule has 5 rings (SSSR count). The molecule has 0 aromatic rings. The second kappa shape index (κ2) is 4.11. The highest BCUT2D eigenvalue weighted by atomic mass is 16.3. The Morgan fingerprint density at radius 1 is 1.11 bits per heavy atom. The number of hydrogen-bond acceptors (Lipinski definition) is 2. The molecule has 0 aromatic carbocycles. The van der Waals surface area contributed by atoms with E-state index in [4.69, 9.17) is 0 Å². The average molecular weight is 264 g/mol. The van der Waals surface area contributed by atoms with Gasteiger partial charge in [-0.1, -0.05) is 0 Å². The molecule has 1 aliphatic heterocycles. The van der Waals surface area contributed by atoms with Crippen LogP contribution in [0.4, 0.5) is 4.79 Å². The van der Waals surface area contributed by atoms with Gasteiger partial charge in [-0.25, -0.2) is 4.79 Å². The second-order valence-corrected chi connectivity index (χ2v) is 7.52. The first kappa shape index (κ1) is 12.0. The molecule has 0 radical (unpaired) electrons. The number of β-amino-alcohol motifs (C(OH)–C–C–N with tert-alkyl or cyclic N) is 1. The van der Waals surface area contributed by atoms with Gasteiger partial charge >= 0.3 is 6.03 Å². The number of carbonyl (C=O) groups excluding carboxylic acids is 1. The number of aliphatic hydroxyl groups is 1. The number of nitrogens with zero attached hydrogens (tertiary/aromatic N) is 1. The molecule has 5 fully saturated rings. The first-order valence-electron chi connectivity index (χ1n) is 7.87. The highest BCUT2D eigenvalue weighted by Gasteiger charge is 2.51. The van der Waals surface area contributed by atoms with Crippen molar-refractivity contribution in [2.45, 2.75) is 56.6 Å². The van der Waals surface area contributed by atoms with Gasteiger partial charge in [-0.2, -0.15) is 0 Å². The van der Waals surface area contributed by atoms with Gasteiger partial charge in [0.1, 0.15) is 0 Å². The maximum absolute atomic E-state index is 12.4. The minimum absolute atomic E-state index is 0.0681. The molecule has 19 heavy (non-hydrogen) atoms. The fourth-order valence-corrected chi connectivity index (χ4v) is 5.50. The van der Waals surface area contributed by atoms with Crippen LogP contribution in [-0.4, -0.2) is 40.8 Å². The number of aliphatic hydroxyl groups excluding tert-OH is 1. The molecule has 4 nitrogen and oxygen atoms in total. The molecule has 4 bridgehead atoms. The van der Waals surface area contributed by atoms with E-state index in [1.165, 1.54) is 38.5 Å². The van der Waals surface area contributed by atoms with Crippen LogP contribution in [0.5, 0.6) is 0 Å². The number of carbonyl (C=O) groups is 1. The highest BCUT2D eigenvalue weighted by Crippen LogP contribution is 2.55. The van der Waals surface area contributed by atoms with Gasteiger partial charge in [0.15, 0.2) is 0 Å². The number of nitrogens with one attached hydrogen (secondary N) is 1. The monoisotopic (exact) mass is 264 g/mol. The lowest BCUT2D eigenvalue weighted by atomic mass is 9.53. The van der Waals surface area contributed by atoms with Gasteiger partial charge in [0.2, 0.25) is 0 Å². The zero-order valence-electron chi connectivity index (χ0n) is 11.5. The zero-order valence-corrected chi connectivity index (χ0v) is 11.5. The number of rotatable bonds is 1. The van der Waals surface area contributed by atoms with Gasteiger partial charge in [0, 0.05) is 18.6 Å². The van der Waals surface area contributed by atoms with E-state index in [-0.39, 0.29) is 17.7 Å². The molecule has 1 saturated heterocycles. The Hall–Kier alpha value is -0.770. The second-order valence-electron chi connectivity index (χ2n) is 7.52. The van der Waals surface area contributed by atoms with Gasteiger partial charge in [-0.3, -0.25) is 0 Å². The summed E-state index contributed by atoms with van der Waals surface area (Å²) in [7, 11) is 0. The molecule has 0 unspecified atom stereocenters. The number of hydrogen-bond donors (Lipinski definition) is 2. The third-order valence-corrected chi connectivity index (χ3v) is 5.86. The fourth-order valence-electron chi connectivity index (χ4n) is 5.50. The minimum Gasteiger partial charge on any atom is -0.391 e. The number of amides is 2. The average Bonchev–Trinajstić information content (AvgIpc) is 2.73.